The zero-order valence-corrected chi connectivity index (χ0v) is 17.9. The van der Waals surface area contributed by atoms with Crippen LogP contribution in [0.5, 0.6) is 11.5 Å². The van der Waals surface area contributed by atoms with Gasteiger partial charge in [0.1, 0.15) is 11.5 Å². The van der Waals surface area contributed by atoms with Crippen molar-refractivity contribution in [3.63, 3.8) is 0 Å². The predicted octanol–water partition coefficient (Wildman–Crippen LogP) is 4.74. The Labute approximate surface area is 181 Å². The molecule has 0 amide bonds. The molecule has 0 saturated heterocycles. The molecule has 30 heavy (non-hydrogen) atoms. The fraction of sp³-hybridized carbons (Fsp3) is 0.375. The number of H-pyrrole nitrogens is 1. The molecule has 5 nitrogen and oxygen atoms in total. The van der Waals surface area contributed by atoms with Crippen LogP contribution in [0.1, 0.15) is 30.7 Å². The molecule has 0 bridgehead atoms. The molecule has 0 aliphatic heterocycles. The maximum atomic E-state index is 11.4. The highest BCUT2D eigenvalue weighted by molar-refractivity contribution is 6.30. The number of benzene rings is 2. The highest BCUT2D eigenvalue weighted by atomic mass is 35.5. The number of unbranched alkanes of at least 4 members (excludes halogenated alkanes) is 1. The van der Waals surface area contributed by atoms with E-state index in [4.69, 9.17) is 21.1 Å². The molecule has 158 valence electrons. The van der Waals surface area contributed by atoms with E-state index in [1.165, 1.54) is 18.1 Å². The lowest BCUT2D eigenvalue weighted by molar-refractivity contribution is 0.306. The van der Waals surface area contributed by atoms with Crippen molar-refractivity contribution in [2.24, 2.45) is 5.92 Å². The van der Waals surface area contributed by atoms with Crippen molar-refractivity contribution in [3.8, 4) is 11.5 Å². The van der Waals surface area contributed by atoms with Gasteiger partial charge in [-0.3, -0.25) is 4.79 Å². The number of hydrogen-bond donors (Lipinski definition) is 2. The number of methoxy groups -OCH3 is 1. The smallest absolute Gasteiger partial charge is 0.248 e. The lowest BCUT2D eigenvalue weighted by Gasteiger charge is -2.10. The second-order valence-corrected chi connectivity index (χ2v) is 8.26. The Kier molecular flexibility index (Phi) is 6.60. The van der Waals surface area contributed by atoms with Gasteiger partial charge in [0.05, 0.1) is 19.2 Å². The van der Waals surface area contributed by atoms with E-state index in [1.54, 1.807) is 7.11 Å². The van der Waals surface area contributed by atoms with E-state index in [0.29, 0.717) is 18.4 Å². The average Bonchev–Trinajstić information content (AvgIpc) is 3.52. The molecule has 0 unspecified atom stereocenters. The van der Waals surface area contributed by atoms with Gasteiger partial charge in [-0.2, -0.15) is 0 Å². The van der Waals surface area contributed by atoms with Crippen LogP contribution < -0.4 is 20.3 Å². The minimum Gasteiger partial charge on any atom is -0.496 e. The summed E-state index contributed by atoms with van der Waals surface area (Å²) in [5, 5.41) is 5.33. The molecular formula is C24H27ClN2O3. The van der Waals surface area contributed by atoms with Crippen LogP contribution in [0, 0.1) is 5.92 Å². The predicted molar refractivity (Wildman–Crippen MR) is 121 cm³/mol. The molecule has 6 heteroatoms. The van der Waals surface area contributed by atoms with E-state index >= 15 is 0 Å². The van der Waals surface area contributed by atoms with Crippen LogP contribution in [-0.2, 0) is 0 Å². The molecular weight excluding hydrogens is 400 g/mol. The van der Waals surface area contributed by atoms with Gasteiger partial charge in [-0.15, -0.1) is 0 Å². The number of rotatable bonds is 10. The summed E-state index contributed by atoms with van der Waals surface area (Å²) in [6, 6.07) is 15.0. The lowest BCUT2D eigenvalue weighted by Crippen LogP contribution is -2.19. The third kappa shape index (κ3) is 5.15. The van der Waals surface area contributed by atoms with E-state index in [9.17, 15) is 4.79 Å². The molecule has 3 aromatic rings. The maximum Gasteiger partial charge on any atom is 0.248 e. The van der Waals surface area contributed by atoms with Crippen molar-refractivity contribution in [2.75, 3.05) is 26.8 Å². The van der Waals surface area contributed by atoms with Gasteiger partial charge < -0.3 is 19.8 Å². The first kappa shape index (κ1) is 20.8. The molecule has 1 aliphatic rings. The second-order valence-electron chi connectivity index (χ2n) is 7.82. The van der Waals surface area contributed by atoms with E-state index in [-0.39, 0.29) is 5.56 Å². The van der Waals surface area contributed by atoms with Gasteiger partial charge >= 0.3 is 0 Å². The fourth-order valence-electron chi connectivity index (χ4n) is 3.90. The van der Waals surface area contributed by atoms with Crippen molar-refractivity contribution in [1.82, 2.24) is 10.3 Å². The van der Waals surface area contributed by atoms with Crippen LogP contribution in [-0.4, -0.2) is 31.8 Å². The van der Waals surface area contributed by atoms with Gasteiger partial charge in [0.15, 0.2) is 0 Å². The Morgan fingerprint density at radius 2 is 2.00 bits per heavy atom. The summed E-state index contributed by atoms with van der Waals surface area (Å²) in [7, 11) is 1.71. The molecule has 0 spiro atoms. The SMILES string of the molecule is COc1ccc(Cl)cc1[C@@H]1C[C@H]1CNCCCCOc1ccc2ccc(=O)[nH]c2c1. The van der Waals surface area contributed by atoms with Crippen molar-refractivity contribution in [3.05, 3.63) is 69.5 Å². The Balaban J connectivity index is 1.13. The first-order chi connectivity index (χ1) is 14.6. The Hall–Kier alpha value is -2.50. The lowest BCUT2D eigenvalue weighted by atomic mass is 10.1. The molecule has 1 fully saturated rings. The summed E-state index contributed by atoms with van der Waals surface area (Å²) in [5.74, 6) is 2.90. The largest absolute Gasteiger partial charge is 0.496 e. The Bertz CT molecular complexity index is 1070. The van der Waals surface area contributed by atoms with Crippen LogP contribution in [0.4, 0.5) is 0 Å². The fourth-order valence-corrected chi connectivity index (χ4v) is 4.08. The minimum atomic E-state index is -0.0996. The summed E-state index contributed by atoms with van der Waals surface area (Å²) < 4.78 is 11.3. The number of hydrogen-bond acceptors (Lipinski definition) is 4. The van der Waals surface area contributed by atoms with Gasteiger partial charge in [-0.25, -0.2) is 0 Å². The number of fused-ring (bicyclic) bond motifs is 1. The van der Waals surface area contributed by atoms with E-state index in [2.05, 4.69) is 10.3 Å². The first-order valence-corrected chi connectivity index (χ1v) is 10.8. The molecule has 2 atom stereocenters. The number of aromatic amines is 1. The van der Waals surface area contributed by atoms with Gasteiger partial charge in [-0.1, -0.05) is 11.6 Å². The Morgan fingerprint density at radius 1 is 1.13 bits per heavy atom. The normalized spacial score (nSPS) is 17.8. The summed E-state index contributed by atoms with van der Waals surface area (Å²) in [5.41, 5.74) is 1.93. The van der Waals surface area contributed by atoms with E-state index < -0.39 is 0 Å². The van der Waals surface area contributed by atoms with Crippen molar-refractivity contribution in [1.29, 1.82) is 0 Å². The third-order valence-electron chi connectivity index (χ3n) is 5.63. The summed E-state index contributed by atoms with van der Waals surface area (Å²) >= 11 is 6.15. The quantitative estimate of drug-likeness (QED) is 0.459. The maximum absolute atomic E-state index is 11.4. The van der Waals surface area contributed by atoms with Gasteiger partial charge in [0.25, 0.3) is 0 Å². The zero-order chi connectivity index (χ0) is 20.9. The standard InChI is InChI=1S/C24H27ClN2O3/c1-29-23-8-6-18(25)13-21(23)20-12-17(20)15-26-10-2-3-11-30-19-7-4-16-5-9-24(28)27-22(16)14-19/h4-9,13-14,17,20,26H,2-3,10-12,15H2,1H3,(H,27,28)/t17-,20+/m0/s1. The summed E-state index contributed by atoms with van der Waals surface area (Å²) in [6.07, 6.45) is 3.21. The van der Waals surface area contributed by atoms with Gasteiger partial charge in [0, 0.05) is 17.2 Å². The topological polar surface area (TPSA) is 63.4 Å². The zero-order valence-electron chi connectivity index (χ0n) is 17.1. The number of halogens is 1. The van der Waals surface area contributed by atoms with Gasteiger partial charge in [0.2, 0.25) is 5.56 Å². The molecule has 1 saturated carbocycles. The summed E-state index contributed by atoms with van der Waals surface area (Å²) in [6.45, 7) is 2.65. The Morgan fingerprint density at radius 3 is 2.87 bits per heavy atom. The molecule has 4 rings (SSSR count). The van der Waals surface area contributed by atoms with Crippen molar-refractivity contribution < 1.29 is 9.47 Å². The van der Waals surface area contributed by atoms with Crippen LogP contribution in [0.3, 0.4) is 0 Å². The van der Waals surface area contributed by atoms with Crippen LogP contribution in [0.2, 0.25) is 5.02 Å². The number of aromatic nitrogens is 1. The second kappa shape index (κ2) is 9.54. The highest BCUT2D eigenvalue weighted by Gasteiger charge is 2.39. The molecule has 2 N–H and O–H groups in total. The first-order valence-electron chi connectivity index (χ1n) is 10.4. The number of nitrogens with one attached hydrogen (secondary N) is 2. The monoisotopic (exact) mass is 426 g/mol. The van der Waals surface area contributed by atoms with Crippen molar-refractivity contribution >= 4 is 22.5 Å². The van der Waals surface area contributed by atoms with Crippen LogP contribution in [0.25, 0.3) is 10.9 Å². The molecule has 1 aliphatic carbocycles. The molecule has 2 aromatic carbocycles. The van der Waals surface area contributed by atoms with Crippen LogP contribution in [0.15, 0.2) is 53.3 Å². The van der Waals surface area contributed by atoms with Crippen LogP contribution >= 0.6 is 11.6 Å². The van der Waals surface area contributed by atoms with Crippen molar-refractivity contribution in [2.45, 2.75) is 25.2 Å². The molecule has 1 heterocycles. The van der Waals surface area contributed by atoms with Gasteiger partial charge in [-0.05, 0) is 91.5 Å². The minimum absolute atomic E-state index is 0.0996. The molecule has 0 radical (unpaired) electrons. The van der Waals surface area contributed by atoms with E-state index in [1.807, 2.05) is 42.5 Å². The number of ether oxygens (including phenoxy) is 2. The average molecular weight is 427 g/mol. The summed E-state index contributed by atoms with van der Waals surface area (Å²) in [4.78, 5) is 14.3. The third-order valence-corrected chi connectivity index (χ3v) is 5.87. The highest BCUT2D eigenvalue weighted by Crippen LogP contribution is 2.50. The molecule has 1 aromatic heterocycles. The van der Waals surface area contributed by atoms with E-state index in [0.717, 1.165) is 53.4 Å². The number of pyridine rings is 1.